The van der Waals surface area contributed by atoms with Crippen LogP contribution in [0.15, 0.2) is 45.6 Å². The van der Waals surface area contributed by atoms with Crippen molar-refractivity contribution >= 4 is 5.91 Å². The molecule has 2 aromatic heterocycles. The molecule has 1 N–H and O–H groups in total. The Labute approximate surface area is 117 Å². The maximum absolute atomic E-state index is 12.2. The highest BCUT2D eigenvalue weighted by atomic mass is 16.3. The van der Waals surface area contributed by atoms with Gasteiger partial charge in [0.05, 0.1) is 31.7 Å². The largest absolute Gasteiger partial charge is 0.467 e. The molecule has 0 aliphatic rings. The molecule has 1 atom stereocenters. The summed E-state index contributed by atoms with van der Waals surface area (Å²) in [5.74, 6) is 1.42. The molecular weight excluding hydrogens is 258 g/mol. The van der Waals surface area contributed by atoms with Gasteiger partial charge in [-0.15, -0.1) is 0 Å². The van der Waals surface area contributed by atoms with E-state index in [4.69, 9.17) is 8.83 Å². The highest BCUT2D eigenvalue weighted by molar-refractivity contribution is 5.76. The van der Waals surface area contributed by atoms with E-state index in [0.29, 0.717) is 25.9 Å². The molecule has 2 heterocycles. The maximum Gasteiger partial charge on any atom is 0.223 e. The van der Waals surface area contributed by atoms with Crippen molar-refractivity contribution < 1.29 is 18.7 Å². The van der Waals surface area contributed by atoms with E-state index in [1.54, 1.807) is 36.5 Å². The number of aliphatic hydroxyl groups excluding tert-OH is 1. The van der Waals surface area contributed by atoms with E-state index in [9.17, 15) is 9.90 Å². The average molecular weight is 277 g/mol. The highest BCUT2D eigenvalue weighted by Gasteiger charge is 2.17. The van der Waals surface area contributed by atoms with Gasteiger partial charge >= 0.3 is 0 Å². The lowest BCUT2D eigenvalue weighted by Gasteiger charge is -2.21. The van der Waals surface area contributed by atoms with E-state index < -0.39 is 6.10 Å². The third-order valence-electron chi connectivity index (χ3n) is 2.98. The number of hydrogen-bond acceptors (Lipinski definition) is 4. The van der Waals surface area contributed by atoms with Crippen LogP contribution in [-0.2, 0) is 17.9 Å². The van der Waals surface area contributed by atoms with Crippen LogP contribution in [0.1, 0.15) is 31.3 Å². The Kier molecular flexibility index (Phi) is 5.01. The molecule has 0 aromatic carbocycles. The lowest BCUT2D eigenvalue weighted by Crippen LogP contribution is -2.30. The summed E-state index contributed by atoms with van der Waals surface area (Å²) in [7, 11) is 0. The summed E-state index contributed by atoms with van der Waals surface area (Å²) in [5, 5.41) is 9.29. The summed E-state index contributed by atoms with van der Waals surface area (Å²) in [6.45, 7) is 2.47. The smallest absolute Gasteiger partial charge is 0.223 e. The third kappa shape index (κ3) is 4.28. The number of amides is 1. The normalized spacial score (nSPS) is 12.3. The molecule has 0 aliphatic carbocycles. The van der Waals surface area contributed by atoms with Crippen LogP contribution in [0.5, 0.6) is 0 Å². The third-order valence-corrected chi connectivity index (χ3v) is 2.98. The lowest BCUT2D eigenvalue weighted by molar-refractivity contribution is -0.133. The number of nitrogens with zero attached hydrogens (tertiary/aromatic N) is 1. The van der Waals surface area contributed by atoms with E-state index in [1.807, 2.05) is 12.1 Å². The van der Waals surface area contributed by atoms with Crippen molar-refractivity contribution in [3.8, 4) is 0 Å². The molecule has 2 aromatic rings. The fourth-order valence-corrected chi connectivity index (χ4v) is 1.90. The molecule has 1 amide bonds. The maximum atomic E-state index is 12.2. The molecule has 0 spiro atoms. The van der Waals surface area contributed by atoms with Crippen LogP contribution in [0.3, 0.4) is 0 Å². The predicted molar refractivity (Wildman–Crippen MR) is 72.6 cm³/mol. The van der Waals surface area contributed by atoms with Crippen molar-refractivity contribution in [3.05, 3.63) is 48.3 Å². The minimum absolute atomic E-state index is 0.0290. The van der Waals surface area contributed by atoms with Gasteiger partial charge in [0.1, 0.15) is 11.5 Å². The molecule has 5 nitrogen and oxygen atoms in total. The molecule has 108 valence electrons. The van der Waals surface area contributed by atoms with Gasteiger partial charge in [-0.25, -0.2) is 0 Å². The zero-order valence-electron chi connectivity index (χ0n) is 11.5. The van der Waals surface area contributed by atoms with Gasteiger partial charge in [0, 0.05) is 6.42 Å². The number of carbonyl (C=O) groups is 1. The van der Waals surface area contributed by atoms with Crippen molar-refractivity contribution in [2.45, 2.75) is 39.0 Å². The quantitative estimate of drug-likeness (QED) is 0.844. The summed E-state index contributed by atoms with van der Waals surface area (Å²) < 4.78 is 10.6. The number of carbonyl (C=O) groups excluding carboxylic acids is 1. The Balaban J connectivity index is 2.00. The number of furan rings is 2. The van der Waals surface area contributed by atoms with E-state index in [2.05, 4.69) is 0 Å². The van der Waals surface area contributed by atoms with E-state index in [0.717, 1.165) is 11.5 Å². The first-order valence-electron chi connectivity index (χ1n) is 6.65. The van der Waals surface area contributed by atoms with Crippen LogP contribution in [0.4, 0.5) is 0 Å². The van der Waals surface area contributed by atoms with Gasteiger partial charge in [-0.05, 0) is 37.6 Å². The van der Waals surface area contributed by atoms with Crippen molar-refractivity contribution in [3.63, 3.8) is 0 Å². The van der Waals surface area contributed by atoms with Gasteiger partial charge in [0.15, 0.2) is 0 Å². The Morgan fingerprint density at radius 3 is 2.15 bits per heavy atom. The molecule has 0 fully saturated rings. The van der Waals surface area contributed by atoms with E-state index >= 15 is 0 Å². The first-order valence-corrected chi connectivity index (χ1v) is 6.65. The van der Waals surface area contributed by atoms with Gasteiger partial charge < -0.3 is 18.8 Å². The standard InChI is InChI=1S/C15H19NO4/c1-12(17)6-7-15(18)16(10-13-4-2-8-19-13)11-14-5-3-9-20-14/h2-5,8-9,12,17H,6-7,10-11H2,1H3. The minimum atomic E-state index is -0.479. The Morgan fingerprint density at radius 2 is 1.75 bits per heavy atom. The fourth-order valence-electron chi connectivity index (χ4n) is 1.90. The molecular formula is C15H19NO4. The van der Waals surface area contributed by atoms with Crippen molar-refractivity contribution in [1.29, 1.82) is 0 Å². The van der Waals surface area contributed by atoms with Crippen molar-refractivity contribution in [2.24, 2.45) is 0 Å². The predicted octanol–water partition coefficient (Wildman–Crippen LogP) is 2.56. The molecule has 5 heteroatoms. The molecule has 0 saturated carbocycles. The van der Waals surface area contributed by atoms with Crippen molar-refractivity contribution in [2.75, 3.05) is 0 Å². The molecule has 0 radical (unpaired) electrons. The van der Waals surface area contributed by atoms with Gasteiger partial charge in [-0.2, -0.15) is 0 Å². The van der Waals surface area contributed by atoms with Crippen LogP contribution in [0.2, 0.25) is 0 Å². The van der Waals surface area contributed by atoms with Crippen LogP contribution >= 0.6 is 0 Å². The van der Waals surface area contributed by atoms with Gasteiger partial charge in [0.25, 0.3) is 0 Å². The van der Waals surface area contributed by atoms with Crippen LogP contribution in [0, 0.1) is 0 Å². The molecule has 20 heavy (non-hydrogen) atoms. The summed E-state index contributed by atoms with van der Waals surface area (Å²) in [6.07, 6.45) is 3.44. The van der Waals surface area contributed by atoms with Crippen molar-refractivity contribution in [1.82, 2.24) is 4.90 Å². The fraction of sp³-hybridized carbons (Fsp3) is 0.400. The molecule has 1 unspecified atom stereocenters. The zero-order valence-corrected chi connectivity index (χ0v) is 11.5. The Hall–Kier alpha value is -2.01. The van der Waals surface area contributed by atoms with Crippen LogP contribution in [0.25, 0.3) is 0 Å². The highest BCUT2D eigenvalue weighted by Crippen LogP contribution is 2.13. The Bertz CT molecular complexity index is 466. The van der Waals surface area contributed by atoms with Gasteiger partial charge in [0.2, 0.25) is 5.91 Å². The minimum Gasteiger partial charge on any atom is -0.467 e. The SMILES string of the molecule is CC(O)CCC(=O)N(Cc1ccco1)Cc1ccco1. The van der Waals surface area contributed by atoms with Gasteiger partial charge in [-0.1, -0.05) is 0 Å². The monoisotopic (exact) mass is 277 g/mol. The Morgan fingerprint density at radius 1 is 1.20 bits per heavy atom. The second-order valence-electron chi connectivity index (χ2n) is 4.80. The summed E-state index contributed by atoms with van der Waals surface area (Å²) >= 11 is 0. The zero-order chi connectivity index (χ0) is 14.4. The average Bonchev–Trinajstić information content (AvgIpc) is 3.08. The summed E-state index contributed by atoms with van der Waals surface area (Å²) in [4.78, 5) is 13.9. The second kappa shape index (κ2) is 6.96. The number of rotatable bonds is 7. The molecule has 0 saturated heterocycles. The first-order chi connectivity index (χ1) is 9.65. The van der Waals surface area contributed by atoms with E-state index in [-0.39, 0.29) is 5.91 Å². The molecule has 2 rings (SSSR count). The van der Waals surface area contributed by atoms with E-state index in [1.165, 1.54) is 0 Å². The topological polar surface area (TPSA) is 66.8 Å². The molecule has 0 aliphatic heterocycles. The van der Waals surface area contributed by atoms with Gasteiger partial charge in [-0.3, -0.25) is 4.79 Å². The molecule has 0 bridgehead atoms. The second-order valence-corrected chi connectivity index (χ2v) is 4.80. The first kappa shape index (κ1) is 14.4. The van der Waals surface area contributed by atoms with Crippen LogP contribution < -0.4 is 0 Å². The van der Waals surface area contributed by atoms with Crippen LogP contribution in [-0.4, -0.2) is 22.0 Å². The number of hydrogen-bond donors (Lipinski definition) is 1. The lowest BCUT2D eigenvalue weighted by atomic mass is 10.2. The number of aliphatic hydroxyl groups is 1. The summed E-state index contributed by atoms with van der Waals surface area (Å²) in [5.41, 5.74) is 0. The summed E-state index contributed by atoms with van der Waals surface area (Å²) in [6, 6.07) is 7.25.